The first kappa shape index (κ1) is 6.09. The third kappa shape index (κ3) is 0.752. The monoisotopic (exact) mass is 114 g/mol. The van der Waals surface area contributed by atoms with Crippen molar-refractivity contribution in [3.05, 3.63) is 0 Å². The SMILES string of the molecule is CC[C@H]1O[C@@]1(C)CC. The second-order valence-corrected chi connectivity index (χ2v) is 2.68. The molecule has 2 atom stereocenters. The molecule has 0 N–H and O–H groups in total. The van der Waals surface area contributed by atoms with E-state index >= 15 is 0 Å². The number of ether oxygens (including phenoxy) is 1. The first-order valence-corrected chi connectivity index (χ1v) is 3.40. The smallest absolute Gasteiger partial charge is 0.0917 e. The van der Waals surface area contributed by atoms with Gasteiger partial charge in [-0.15, -0.1) is 0 Å². The molecule has 0 spiro atoms. The van der Waals surface area contributed by atoms with E-state index in [0.717, 1.165) is 6.42 Å². The molecular formula is C7H14O. The van der Waals surface area contributed by atoms with Crippen LogP contribution in [0.1, 0.15) is 33.6 Å². The molecule has 0 radical (unpaired) electrons. The second kappa shape index (κ2) is 1.73. The number of rotatable bonds is 2. The van der Waals surface area contributed by atoms with Crippen LogP contribution in [0.3, 0.4) is 0 Å². The van der Waals surface area contributed by atoms with E-state index in [9.17, 15) is 0 Å². The first-order chi connectivity index (χ1) is 3.73. The molecule has 1 fully saturated rings. The lowest BCUT2D eigenvalue weighted by molar-refractivity contribution is 0.301. The van der Waals surface area contributed by atoms with Gasteiger partial charge >= 0.3 is 0 Å². The maximum absolute atomic E-state index is 5.40. The molecule has 1 saturated heterocycles. The van der Waals surface area contributed by atoms with E-state index in [-0.39, 0.29) is 5.60 Å². The summed E-state index contributed by atoms with van der Waals surface area (Å²) < 4.78 is 5.40. The summed E-state index contributed by atoms with van der Waals surface area (Å²) in [6.45, 7) is 6.53. The van der Waals surface area contributed by atoms with Crippen LogP contribution in [0.25, 0.3) is 0 Å². The molecule has 0 unspecified atom stereocenters. The normalized spacial score (nSPS) is 44.6. The molecule has 0 bridgehead atoms. The highest BCUT2D eigenvalue weighted by molar-refractivity contribution is 4.96. The van der Waals surface area contributed by atoms with Crippen LogP contribution in [0.5, 0.6) is 0 Å². The number of epoxide rings is 1. The van der Waals surface area contributed by atoms with Crippen LogP contribution in [-0.4, -0.2) is 11.7 Å². The van der Waals surface area contributed by atoms with E-state index in [1.165, 1.54) is 6.42 Å². The number of hydrogen-bond donors (Lipinski definition) is 0. The van der Waals surface area contributed by atoms with Crippen LogP contribution < -0.4 is 0 Å². The van der Waals surface area contributed by atoms with Crippen LogP contribution in [0.4, 0.5) is 0 Å². The van der Waals surface area contributed by atoms with Gasteiger partial charge in [-0.05, 0) is 19.8 Å². The lowest BCUT2D eigenvalue weighted by Crippen LogP contribution is -2.05. The molecule has 48 valence electrons. The van der Waals surface area contributed by atoms with E-state index in [1.807, 2.05) is 0 Å². The van der Waals surface area contributed by atoms with E-state index < -0.39 is 0 Å². The molecule has 0 aromatic carbocycles. The van der Waals surface area contributed by atoms with Crippen molar-refractivity contribution in [3.63, 3.8) is 0 Å². The summed E-state index contributed by atoms with van der Waals surface area (Å²) in [5.41, 5.74) is 0.259. The lowest BCUT2D eigenvalue weighted by atomic mass is 10.0. The van der Waals surface area contributed by atoms with Gasteiger partial charge in [0.25, 0.3) is 0 Å². The Bertz CT molecular complexity index is 90.4. The summed E-state index contributed by atoms with van der Waals surface area (Å²) in [5.74, 6) is 0. The molecule has 0 saturated carbocycles. The Balaban J connectivity index is 2.31. The Labute approximate surface area is 51.0 Å². The molecule has 0 aliphatic carbocycles. The zero-order valence-electron chi connectivity index (χ0n) is 5.90. The molecule has 0 aromatic rings. The molecule has 8 heavy (non-hydrogen) atoms. The van der Waals surface area contributed by atoms with Crippen molar-refractivity contribution < 1.29 is 4.74 Å². The van der Waals surface area contributed by atoms with E-state index in [1.54, 1.807) is 0 Å². The van der Waals surface area contributed by atoms with Crippen LogP contribution in [0.2, 0.25) is 0 Å². The first-order valence-electron chi connectivity index (χ1n) is 3.40. The zero-order chi connectivity index (χ0) is 6.20. The Morgan fingerprint density at radius 3 is 2.25 bits per heavy atom. The van der Waals surface area contributed by atoms with E-state index in [2.05, 4.69) is 20.8 Å². The molecule has 1 aliphatic rings. The van der Waals surface area contributed by atoms with Gasteiger partial charge in [0, 0.05) is 0 Å². The average molecular weight is 114 g/mol. The van der Waals surface area contributed by atoms with E-state index in [0.29, 0.717) is 6.10 Å². The molecule has 1 nitrogen and oxygen atoms in total. The highest BCUT2D eigenvalue weighted by Gasteiger charge is 2.48. The van der Waals surface area contributed by atoms with Crippen molar-refractivity contribution in [2.45, 2.75) is 45.3 Å². The minimum atomic E-state index is 0.259. The third-order valence-corrected chi connectivity index (χ3v) is 2.11. The standard InChI is InChI=1S/C7H14O/c1-4-6-7(3,5-2)8-6/h6H,4-5H2,1-3H3/t6-,7+/m1/s1. The van der Waals surface area contributed by atoms with Gasteiger partial charge in [-0.3, -0.25) is 0 Å². The predicted octanol–water partition coefficient (Wildman–Crippen LogP) is 1.96. The quantitative estimate of drug-likeness (QED) is 0.500. The van der Waals surface area contributed by atoms with E-state index in [4.69, 9.17) is 4.74 Å². The van der Waals surface area contributed by atoms with Crippen molar-refractivity contribution >= 4 is 0 Å². The van der Waals surface area contributed by atoms with Gasteiger partial charge in [-0.2, -0.15) is 0 Å². The molecule has 1 heteroatoms. The van der Waals surface area contributed by atoms with Crippen LogP contribution >= 0.6 is 0 Å². The fourth-order valence-corrected chi connectivity index (χ4v) is 1.12. The molecule has 0 aromatic heterocycles. The van der Waals surface area contributed by atoms with Crippen LogP contribution in [0, 0.1) is 0 Å². The minimum absolute atomic E-state index is 0.259. The number of hydrogen-bond acceptors (Lipinski definition) is 1. The fraction of sp³-hybridized carbons (Fsp3) is 1.00. The van der Waals surface area contributed by atoms with Gasteiger partial charge in [0.05, 0.1) is 11.7 Å². The van der Waals surface area contributed by atoms with Gasteiger partial charge in [0.1, 0.15) is 0 Å². The van der Waals surface area contributed by atoms with Gasteiger partial charge in [-0.25, -0.2) is 0 Å². The van der Waals surface area contributed by atoms with Gasteiger partial charge < -0.3 is 4.74 Å². The Morgan fingerprint density at radius 2 is 2.12 bits per heavy atom. The van der Waals surface area contributed by atoms with Crippen molar-refractivity contribution in [2.75, 3.05) is 0 Å². The fourth-order valence-electron chi connectivity index (χ4n) is 1.12. The summed E-state index contributed by atoms with van der Waals surface area (Å²) in [6, 6.07) is 0. The minimum Gasteiger partial charge on any atom is -0.366 e. The predicted molar refractivity (Wildman–Crippen MR) is 33.9 cm³/mol. The van der Waals surface area contributed by atoms with Crippen LogP contribution in [0.15, 0.2) is 0 Å². The lowest BCUT2D eigenvalue weighted by Gasteiger charge is -1.96. The van der Waals surface area contributed by atoms with Crippen molar-refractivity contribution in [2.24, 2.45) is 0 Å². The van der Waals surface area contributed by atoms with Crippen molar-refractivity contribution in [3.8, 4) is 0 Å². The summed E-state index contributed by atoms with van der Waals surface area (Å²) in [4.78, 5) is 0. The molecular weight excluding hydrogens is 100 g/mol. The summed E-state index contributed by atoms with van der Waals surface area (Å²) in [6.07, 6.45) is 2.89. The van der Waals surface area contributed by atoms with Crippen molar-refractivity contribution in [1.29, 1.82) is 0 Å². The Morgan fingerprint density at radius 1 is 1.50 bits per heavy atom. The topological polar surface area (TPSA) is 12.5 Å². The molecule has 1 aliphatic heterocycles. The van der Waals surface area contributed by atoms with Gasteiger partial charge in [0.15, 0.2) is 0 Å². The second-order valence-electron chi connectivity index (χ2n) is 2.68. The Kier molecular flexibility index (Phi) is 1.31. The maximum atomic E-state index is 5.40. The highest BCUT2D eigenvalue weighted by atomic mass is 16.6. The van der Waals surface area contributed by atoms with Crippen molar-refractivity contribution in [1.82, 2.24) is 0 Å². The molecule has 0 amide bonds. The molecule has 1 heterocycles. The zero-order valence-corrected chi connectivity index (χ0v) is 5.90. The van der Waals surface area contributed by atoms with Gasteiger partial charge in [0.2, 0.25) is 0 Å². The largest absolute Gasteiger partial charge is 0.366 e. The summed E-state index contributed by atoms with van der Waals surface area (Å²) in [5, 5.41) is 0. The maximum Gasteiger partial charge on any atom is 0.0917 e. The highest BCUT2D eigenvalue weighted by Crippen LogP contribution is 2.40. The van der Waals surface area contributed by atoms with Crippen LogP contribution in [-0.2, 0) is 4.74 Å². The third-order valence-electron chi connectivity index (χ3n) is 2.11. The summed E-state index contributed by atoms with van der Waals surface area (Å²) >= 11 is 0. The summed E-state index contributed by atoms with van der Waals surface area (Å²) in [7, 11) is 0. The average Bonchev–Trinajstić information content (AvgIpc) is 2.44. The Hall–Kier alpha value is -0.0400. The van der Waals surface area contributed by atoms with Gasteiger partial charge in [-0.1, -0.05) is 13.8 Å². The molecule has 1 rings (SSSR count).